The van der Waals surface area contributed by atoms with Gasteiger partial charge in [-0.25, -0.2) is 4.90 Å². The summed E-state index contributed by atoms with van der Waals surface area (Å²) in [6.07, 6.45) is 0.149. The molecule has 33 heavy (non-hydrogen) atoms. The maximum atomic E-state index is 12.8. The number of anilines is 2. The summed E-state index contributed by atoms with van der Waals surface area (Å²) in [6.45, 7) is 0. The second-order valence-electron chi connectivity index (χ2n) is 7.26. The molecule has 1 N–H and O–H groups in total. The molecule has 1 unspecified atom stereocenters. The molecule has 1 saturated heterocycles. The minimum absolute atomic E-state index is 0.149. The number of amides is 3. The largest absolute Gasteiger partial charge is 0.493 e. The summed E-state index contributed by atoms with van der Waals surface area (Å²) in [5, 5.41) is 2.36. The average Bonchev–Trinajstić information content (AvgIpc) is 3.12. The SMILES string of the molecule is COc1ccc(C(=O)Nc2ccc(SC3CC(=O)N(c4ccccc4)C3=O)cc2)cc1OC. The third kappa shape index (κ3) is 4.85. The van der Waals surface area contributed by atoms with Crippen LogP contribution in [0, 0.1) is 0 Å². The molecule has 0 saturated carbocycles. The molecule has 0 bridgehead atoms. The Morgan fingerprint density at radius 1 is 0.939 bits per heavy atom. The Bertz CT molecular complexity index is 1180. The highest BCUT2D eigenvalue weighted by molar-refractivity contribution is 8.00. The van der Waals surface area contributed by atoms with Gasteiger partial charge in [0, 0.05) is 22.6 Å². The van der Waals surface area contributed by atoms with E-state index in [9.17, 15) is 14.4 Å². The van der Waals surface area contributed by atoms with Crippen LogP contribution in [0.15, 0.2) is 77.7 Å². The van der Waals surface area contributed by atoms with E-state index < -0.39 is 5.25 Å². The molecule has 7 nitrogen and oxygen atoms in total. The molecule has 3 aromatic carbocycles. The number of hydrogen-bond donors (Lipinski definition) is 1. The van der Waals surface area contributed by atoms with Gasteiger partial charge in [0.2, 0.25) is 11.8 Å². The highest BCUT2D eigenvalue weighted by Gasteiger charge is 2.40. The number of thioether (sulfide) groups is 1. The van der Waals surface area contributed by atoms with Crippen LogP contribution < -0.4 is 19.7 Å². The number of methoxy groups -OCH3 is 2. The number of carbonyl (C=O) groups is 3. The lowest BCUT2D eigenvalue weighted by molar-refractivity contribution is -0.121. The first-order valence-corrected chi connectivity index (χ1v) is 11.1. The Hall–Kier alpha value is -3.78. The van der Waals surface area contributed by atoms with Gasteiger partial charge in [-0.15, -0.1) is 11.8 Å². The van der Waals surface area contributed by atoms with Crippen LogP contribution >= 0.6 is 11.8 Å². The summed E-state index contributed by atoms with van der Waals surface area (Å²) < 4.78 is 10.4. The van der Waals surface area contributed by atoms with Crippen molar-refractivity contribution in [2.45, 2.75) is 16.6 Å². The van der Waals surface area contributed by atoms with Gasteiger partial charge in [0.15, 0.2) is 11.5 Å². The predicted octanol–water partition coefficient (Wildman–Crippen LogP) is 4.38. The number of para-hydroxylation sites is 1. The van der Waals surface area contributed by atoms with Crippen LogP contribution in [0.5, 0.6) is 11.5 Å². The van der Waals surface area contributed by atoms with Crippen molar-refractivity contribution in [3.05, 3.63) is 78.4 Å². The molecule has 0 aliphatic carbocycles. The van der Waals surface area contributed by atoms with Gasteiger partial charge in [-0.2, -0.15) is 0 Å². The number of benzene rings is 3. The third-order valence-electron chi connectivity index (χ3n) is 5.16. The number of nitrogens with one attached hydrogen (secondary N) is 1. The standard InChI is InChI=1S/C25H22N2O5S/c1-31-20-13-8-16(14-21(20)32-2)24(29)26-17-9-11-19(12-10-17)33-22-15-23(28)27(25(22)30)18-6-4-3-5-7-18/h3-14,22H,15H2,1-2H3,(H,26,29). The van der Waals surface area contributed by atoms with E-state index in [1.165, 1.54) is 30.9 Å². The molecule has 0 spiro atoms. The first-order chi connectivity index (χ1) is 16.0. The van der Waals surface area contributed by atoms with Crippen molar-refractivity contribution in [1.82, 2.24) is 0 Å². The fourth-order valence-corrected chi connectivity index (χ4v) is 4.56. The molecular formula is C25H22N2O5S. The second-order valence-corrected chi connectivity index (χ2v) is 8.54. The van der Waals surface area contributed by atoms with Crippen molar-refractivity contribution in [3.8, 4) is 11.5 Å². The molecule has 8 heteroatoms. The van der Waals surface area contributed by atoms with Crippen LogP contribution in [0.3, 0.4) is 0 Å². The smallest absolute Gasteiger partial charge is 0.255 e. The summed E-state index contributed by atoms with van der Waals surface area (Å²) >= 11 is 1.34. The Labute approximate surface area is 195 Å². The van der Waals surface area contributed by atoms with E-state index in [2.05, 4.69) is 5.32 Å². The minimum Gasteiger partial charge on any atom is -0.493 e. The van der Waals surface area contributed by atoms with Crippen molar-refractivity contribution >= 4 is 40.9 Å². The molecule has 1 aliphatic rings. The number of hydrogen-bond acceptors (Lipinski definition) is 6. The van der Waals surface area contributed by atoms with Gasteiger partial charge in [0.25, 0.3) is 5.91 Å². The van der Waals surface area contributed by atoms with Gasteiger partial charge in [0.05, 0.1) is 25.2 Å². The Morgan fingerprint density at radius 2 is 1.64 bits per heavy atom. The van der Waals surface area contributed by atoms with Crippen molar-refractivity contribution in [1.29, 1.82) is 0 Å². The zero-order valence-electron chi connectivity index (χ0n) is 18.1. The van der Waals surface area contributed by atoms with Crippen molar-refractivity contribution in [3.63, 3.8) is 0 Å². The van der Waals surface area contributed by atoms with E-state index in [0.717, 1.165) is 4.90 Å². The van der Waals surface area contributed by atoms with Crippen LogP contribution in [0.4, 0.5) is 11.4 Å². The van der Waals surface area contributed by atoms with Gasteiger partial charge in [-0.3, -0.25) is 14.4 Å². The zero-order valence-corrected chi connectivity index (χ0v) is 18.9. The van der Waals surface area contributed by atoms with E-state index in [1.54, 1.807) is 54.6 Å². The van der Waals surface area contributed by atoms with Gasteiger partial charge in [0.1, 0.15) is 0 Å². The van der Waals surface area contributed by atoms with Crippen molar-refractivity contribution in [2.24, 2.45) is 0 Å². The maximum absolute atomic E-state index is 12.8. The average molecular weight is 463 g/mol. The molecule has 1 aliphatic heterocycles. The Balaban J connectivity index is 1.40. The van der Waals surface area contributed by atoms with E-state index in [1.807, 2.05) is 18.2 Å². The van der Waals surface area contributed by atoms with E-state index in [-0.39, 0.29) is 24.1 Å². The molecule has 1 heterocycles. The van der Waals surface area contributed by atoms with E-state index >= 15 is 0 Å². The monoisotopic (exact) mass is 462 g/mol. The molecule has 0 radical (unpaired) electrons. The van der Waals surface area contributed by atoms with Crippen molar-refractivity contribution < 1.29 is 23.9 Å². The second kappa shape index (κ2) is 9.79. The fourth-order valence-electron chi connectivity index (χ4n) is 3.51. The molecule has 1 fully saturated rings. The zero-order chi connectivity index (χ0) is 23.4. The summed E-state index contributed by atoms with van der Waals surface area (Å²) in [5.74, 6) is 0.300. The topological polar surface area (TPSA) is 84.9 Å². The highest BCUT2D eigenvalue weighted by atomic mass is 32.2. The molecule has 168 valence electrons. The lowest BCUT2D eigenvalue weighted by Crippen LogP contribution is -2.30. The molecular weight excluding hydrogens is 440 g/mol. The summed E-state index contributed by atoms with van der Waals surface area (Å²) in [4.78, 5) is 39.9. The molecule has 4 rings (SSSR count). The van der Waals surface area contributed by atoms with E-state index in [4.69, 9.17) is 9.47 Å². The van der Waals surface area contributed by atoms with Gasteiger partial charge in [-0.05, 0) is 54.6 Å². The van der Waals surface area contributed by atoms with Crippen LogP contribution in [0.25, 0.3) is 0 Å². The van der Waals surface area contributed by atoms with Crippen LogP contribution in [0.2, 0.25) is 0 Å². The number of rotatable bonds is 7. The molecule has 1 atom stereocenters. The van der Waals surface area contributed by atoms with Gasteiger partial charge < -0.3 is 14.8 Å². The first-order valence-electron chi connectivity index (χ1n) is 10.2. The summed E-state index contributed by atoms with van der Waals surface area (Å²) in [7, 11) is 3.04. The lowest BCUT2D eigenvalue weighted by Gasteiger charge is -2.14. The number of nitrogens with zero attached hydrogens (tertiary/aromatic N) is 1. The highest BCUT2D eigenvalue weighted by Crippen LogP contribution is 2.34. The van der Waals surface area contributed by atoms with Gasteiger partial charge >= 0.3 is 0 Å². The maximum Gasteiger partial charge on any atom is 0.255 e. The van der Waals surface area contributed by atoms with E-state index in [0.29, 0.717) is 28.4 Å². The predicted molar refractivity (Wildman–Crippen MR) is 127 cm³/mol. The molecule has 0 aromatic heterocycles. The summed E-state index contributed by atoms with van der Waals surface area (Å²) in [5.41, 5.74) is 1.63. The van der Waals surface area contributed by atoms with Crippen LogP contribution in [-0.2, 0) is 9.59 Å². The molecule has 3 aromatic rings. The van der Waals surface area contributed by atoms with Crippen LogP contribution in [0.1, 0.15) is 16.8 Å². The first kappa shape index (κ1) is 22.4. The van der Waals surface area contributed by atoms with Gasteiger partial charge in [-0.1, -0.05) is 18.2 Å². The number of ether oxygens (including phenoxy) is 2. The van der Waals surface area contributed by atoms with Crippen LogP contribution in [-0.4, -0.2) is 37.2 Å². The summed E-state index contributed by atoms with van der Waals surface area (Å²) in [6, 6.07) is 21.0. The third-order valence-corrected chi connectivity index (χ3v) is 6.35. The quantitative estimate of drug-likeness (QED) is 0.525. The minimum atomic E-state index is -0.482. The normalized spacial score (nSPS) is 15.5. The fraction of sp³-hybridized carbons (Fsp3) is 0.160. The Morgan fingerprint density at radius 3 is 2.30 bits per heavy atom. The van der Waals surface area contributed by atoms with Crippen molar-refractivity contribution in [2.75, 3.05) is 24.4 Å². The lowest BCUT2D eigenvalue weighted by atomic mass is 10.2. The Kier molecular flexibility index (Phi) is 6.65. The number of carbonyl (C=O) groups excluding carboxylic acids is 3. The molecule has 3 amide bonds. The number of imide groups is 1.